The summed E-state index contributed by atoms with van der Waals surface area (Å²) in [5, 5.41) is 22.8. The topological polar surface area (TPSA) is 113 Å². The summed E-state index contributed by atoms with van der Waals surface area (Å²) in [6, 6.07) is 14.9. The predicted octanol–water partition coefficient (Wildman–Crippen LogP) is 3.31. The minimum atomic E-state index is -0.489. The molecule has 3 aromatic rings. The molecule has 0 aliphatic carbocycles. The lowest BCUT2D eigenvalue weighted by atomic mass is 10.1. The number of carbonyl (C=O) groups excluding carboxylic acids is 1. The van der Waals surface area contributed by atoms with Crippen molar-refractivity contribution in [1.29, 1.82) is 0 Å². The number of nitro benzene ring substituents is 1. The van der Waals surface area contributed by atoms with Crippen molar-refractivity contribution in [3.63, 3.8) is 0 Å². The summed E-state index contributed by atoms with van der Waals surface area (Å²) in [5.74, 6) is 0. The number of urea groups is 1. The van der Waals surface area contributed by atoms with Crippen molar-refractivity contribution in [2.24, 2.45) is 0 Å². The zero-order valence-corrected chi connectivity index (χ0v) is 13.1. The van der Waals surface area contributed by atoms with Crippen LogP contribution in [-0.2, 0) is 6.54 Å². The minimum absolute atomic E-state index is 0.0247. The van der Waals surface area contributed by atoms with Gasteiger partial charge in [-0.05, 0) is 29.3 Å². The lowest BCUT2D eigenvalue weighted by Crippen LogP contribution is -2.28. The summed E-state index contributed by atoms with van der Waals surface area (Å²) in [6.45, 7) is 0.363. The Labute approximate surface area is 143 Å². The molecule has 8 nitrogen and oxygen atoms in total. The van der Waals surface area contributed by atoms with Crippen LogP contribution in [0.2, 0.25) is 0 Å². The van der Waals surface area contributed by atoms with Gasteiger partial charge in [0.15, 0.2) is 0 Å². The fourth-order valence-electron chi connectivity index (χ4n) is 2.24. The minimum Gasteiger partial charge on any atom is -0.334 e. The molecule has 0 aliphatic heterocycles. The lowest BCUT2D eigenvalue weighted by molar-refractivity contribution is -0.384. The molecule has 0 aliphatic rings. The molecule has 1 aromatic heterocycles. The van der Waals surface area contributed by atoms with Gasteiger partial charge in [-0.15, -0.1) is 0 Å². The van der Waals surface area contributed by atoms with Gasteiger partial charge in [-0.1, -0.05) is 24.3 Å². The molecule has 0 fully saturated rings. The second kappa shape index (κ2) is 7.26. The Bertz CT molecular complexity index is 858. The van der Waals surface area contributed by atoms with Crippen molar-refractivity contribution >= 4 is 17.4 Å². The fraction of sp³-hybridized carbons (Fsp3) is 0.0588. The summed E-state index contributed by atoms with van der Waals surface area (Å²) in [6.07, 6.45) is 1.69. The van der Waals surface area contributed by atoms with E-state index < -0.39 is 4.92 Å². The molecule has 2 aromatic carbocycles. The number of hydrogen-bond donors (Lipinski definition) is 3. The molecule has 0 saturated carbocycles. The Morgan fingerprint density at radius 3 is 2.40 bits per heavy atom. The van der Waals surface area contributed by atoms with Gasteiger partial charge in [-0.25, -0.2) is 4.79 Å². The number of hydrogen-bond acceptors (Lipinski definition) is 4. The van der Waals surface area contributed by atoms with Crippen LogP contribution < -0.4 is 10.6 Å². The summed E-state index contributed by atoms with van der Waals surface area (Å²) >= 11 is 0. The molecule has 126 valence electrons. The normalized spacial score (nSPS) is 10.2. The largest absolute Gasteiger partial charge is 0.334 e. The maximum atomic E-state index is 11.9. The van der Waals surface area contributed by atoms with Crippen LogP contribution >= 0.6 is 0 Å². The van der Waals surface area contributed by atoms with Crippen molar-refractivity contribution in [3.8, 4) is 11.3 Å². The van der Waals surface area contributed by atoms with Crippen LogP contribution in [0, 0.1) is 10.1 Å². The molecule has 3 rings (SSSR count). The Balaban J connectivity index is 1.52. The first kappa shape index (κ1) is 16.2. The van der Waals surface area contributed by atoms with E-state index in [0.717, 1.165) is 16.8 Å². The van der Waals surface area contributed by atoms with E-state index in [9.17, 15) is 14.9 Å². The summed E-state index contributed by atoms with van der Waals surface area (Å²) in [7, 11) is 0. The number of carbonyl (C=O) groups is 1. The molecule has 1 heterocycles. The first-order chi connectivity index (χ1) is 12.1. The van der Waals surface area contributed by atoms with Crippen LogP contribution in [-0.4, -0.2) is 21.2 Å². The SMILES string of the molecule is O=C(NCc1ccc(-c2ccn[nH]2)cc1)Nc1ccc([N+](=O)[O-])cc1. The number of aromatic nitrogens is 2. The zero-order chi connectivity index (χ0) is 17.6. The Hall–Kier alpha value is -3.68. The molecule has 0 bridgehead atoms. The maximum absolute atomic E-state index is 11.9. The van der Waals surface area contributed by atoms with Crippen LogP contribution in [0.25, 0.3) is 11.3 Å². The van der Waals surface area contributed by atoms with Crippen molar-refractivity contribution in [2.75, 3.05) is 5.32 Å². The van der Waals surface area contributed by atoms with Crippen LogP contribution in [0.3, 0.4) is 0 Å². The maximum Gasteiger partial charge on any atom is 0.319 e. The van der Waals surface area contributed by atoms with Crippen LogP contribution in [0.15, 0.2) is 60.8 Å². The Morgan fingerprint density at radius 1 is 1.08 bits per heavy atom. The van der Waals surface area contributed by atoms with Gasteiger partial charge in [0.25, 0.3) is 5.69 Å². The molecule has 0 radical (unpaired) electrons. The highest BCUT2D eigenvalue weighted by atomic mass is 16.6. The number of rotatable bonds is 5. The highest BCUT2D eigenvalue weighted by molar-refractivity contribution is 5.89. The summed E-state index contributed by atoms with van der Waals surface area (Å²) < 4.78 is 0. The third kappa shape index (κ3) is 4.20. The van der Waals surface area contributed by atoms with Gasteiger partial charge in [-0.3, -0.25) is 15.2 Å². The van der Waals surface area contributed by atoms with E-state index in [2.05, 4.69) is 20.8 Å². The monoisotopic (exact) mass is 337 g/mol. The molecule has 8 heteroatoms. The van der Waals surface area contributed by atoms with Gasteiger partial charge >= 0.3 is 6.03 Å². The van der Waals surface area contributed by atoms with Crippen LogP contribution in [0.5, 0.6) is 0 Å². The first-order valence-corrected chi connectivity index (χ1v) is 7.50. The van der Waals surface area contributed by atoms with Gasteiger partial charge < -0.3 is 10.6 Å². The number of H-pyrrole nitrogens is 1. The van der Waals surface area contributed by atoms with Crippen LogP contribution in [0.1, 0.15) is 5.56 Å². The standard InChI is InChI=1S/C17H15N5O3/c23-17(20-14-5-7-15(8-6-14)22(24)25)18-11-12-1-3-13(4-2-12)16-9-10-19-21-16/h1-10H,11H2,(H,19,21)(H2,18,20,23). The zero-order valence-electron chi connectivity index (χ0n) is 13.1. The van der Waals surface area contributed by atoms with Gasteiger partial charge in [0.1, 0.15) is 0 Å². The van der Waals surface area contributed by atoms with Crippen molar-refractivity contribution in [2.45, 2.75) is 6.54 Å². The van der Waals surface area contributed by atoms with E-state index in [1.54, 1.807) is 6.20 Å². The van der Waals surface area contributed by atoms with Gasteiger partial charge in [0.05, 0.1) is 10.6 Å². The van der Waals surface area contributed by atoms with E-state index in [1.165, 1.54) is 24.3 Å². The van der Waals surface area contributed by atoms with Crippen LogP contribution in [0.4, 0.5) is 16.2 Å². The number of nitrogens with one attached hydrogen (secondary N) is 3. The number of non-ortho nitro benzene ring substituents is 1. The number of nitro groups is 1. The lowest BCUT2D eigenvalue weighted by Gasteiger charge is -2.08. The number of nitrogens with zero attached hydrogens (tertiary/aromatic N) is 2. The quantitative estimate of drug-likeness (QED) is 0.489. The highest BCUT2D eigenvalue weighted by Gasteiger charge is 2.06. The number of benzene rings is 2. The molecular weight excluding hydrogens is 322 g/mol. The first-order valence-electron chi connectivity index (χ1n) is 7.50. The molecule has 2 amide bonds. The van der Waals surface area contributed by atoms with E-state index in [0.29, 0.717) is 12.2 Å². The third-order valence-corrected chi connectivity index (χ3v) is 3.55. The molecule has 0 spiro atoms. The second-order valence-electron chi connectivity index (χ2n) is 5.28. The van der Waals surface area contributed by atoms with Crippen molar-refractivity contribution in [3.05, 3.63) is 76.5 Å². The molecule has 25 heavy (non-hydrogen) atoms. The van der Waals surface area contributed by atoms with Crippen molar-refractivity contribution in [1.82, 2.24) is 15.5 Å². The third-order valence-electron chi connectivity index (χ3n) is 3.55. The molecular formula is C17H15N5O3. The van der Waals surface area contributed by atoms with E-state index in [1.807, 2.05) is 30.3 Å². The summed E-state index contributed by atoms with van der Waals surface area (Å²) in [4.78, 5) is 22.0. The molecule has 0 saturated heterocycles. The number of amides is 2. The van der Waals surface area contributed by atoms with E-state index >= 15 is 0 Å². The molecule has 0 atom stereocenters. The van der Waals surface area contributed by atoms with Gasteiger partial charge in [0.2, 0.25) is 0 Å². The highest BCUT2D eigenvalue weighted by Crippen LogP contribution is 2.17. The Morgan fingerprint density at radius 2 is 1.80 bits per heavy atom. The van der Waals surface area contributed by atoms with Crippen molar-refractivity contribution < 1.29 is 9.72 Å². The molecule has 3 N–H and O–H groups in total. The molecule has 0 unspecified atom stereocenters. The average molecular weight is 337 g/mol. The average Bonchev–Trinajstić information content (AvgIpc) is 3.15. The van der Waals surface area contributed by atoms with Gasteiger partial charge in [-0.2, -0.15) is 5.10 Å². The second-order valence-corrected chi connectivity index (χ2v) is 5.28. The van der Waals surface area contributed by atoms with E-state index in [-0.39, 0.29) is 11.7 Å². The smallest absolute Gasteiger partial charge is 0.319 e. The Kier molecular flexibility index (Phi) is 4.70. The van der Waals surface area contributed by atoms with Gasteiger partial charge in [0, 0.05) is 30.6 Å². The number of anilines is 1. The predicted molar refractivity (Wildman–Crippen MR) is 93.0 cm³/mol. The fourth-order valence-corrected chi connectivity index (χ4v) is 2.24. The summed E-state index contributed by atoms with van der Waals surface area (Å²) in [5.41, 5.74) is 3.34. The van der Waals surface area contributed by atoms with E-state index in [4.69, 9.17) is 0 Å². The number of aromatic amines is 1.